The molecule has 6 heteroatoms. The number of phenols is 3. The van der Waals surface area contributed by atoms with Crippen molar-refractivity contribution in [1.82, 2.24) is 0 Å². The van der Waals surface area contributed by atoms with Crippen LogP contribution in [0, 0.1) is 0 Å². The van der Waals surface area contributed by atoms with Gasteiger partial charge in [0.15, 0.2) is 5.78 Å². The third kappa shape index (κ3) is 4.22. The summed E-state index contributed by atoms with van der Waals surface area (Å²) in [7, 11) is 1.49. The molecule has 6 nitrogen and oxygen atoms in total. The number of hydrogen-bond acceptors (Lipinski definition) is 6. The van der Waals surface area contributed by atoms with Gasteiger partial charge in [0, 0.05) is 24.0 Å². The molecule has 0 saturated carbocycles. The first kappa shape index (κ1) is 23.3. The van der Waals surface area contributed by atoms with Gasteiger partial charge in [-0.3, -0.25) is 4.79 Å². The lowest BCUT2D eigenvalue weighted by molar-refractivity contribution is 0.0842. The van der Waals surface area contributed by atoms with Gasteiger partial charge in [-0.15, -0.1) is 0 Å². The highest BCUT2D eigenvalue weighted by Crippen LogP contribution is 2.50. The molecular formula is C30H26O6. The van der Waals surface area contributed by atoms with Gasteiger partial charge in [0.25, 0.3) is 0 Å². The number of ketones is 1. The van der Waals surface area contributed by atoms with Crippen molar-refractivity contribution in [3.05, 3.63) is 112 Å². The van der Waals surface area contributed by atoms with Crippen LogP contribution >= 0.6 is 0 Å². The molecule has 3 N–H and O–H groups in total. The number of hydrogen-bond donors (Lipinski definition) is 3. The maximum absolute atomic E-state index is 13.5. The SMILES string of the molecule is COc1c(Cc2ccccc2O)c(O)c2c(c1Cc1ccccc1O)O[C@H](c1ccccc1)CC2=O. The number of benzene rings is 4. The Hall–Kier alpha value is -4.45. The normalized spacial score (nSPS) is 14.7. The average molecular weight is 483 g/mol. The van der Waals surface area contributed by atoms with E-state index in [1.54, 1.807) is 42.5 Å². The van der Waals surface area contributed by atoms with E-state index < -0.39 is 6.10 Å². The van der Waals surface area contributed by atoms with Crippen molar-refractivity contribution in [3.8, 4) is 28.7 Å². The molecule has 4 aromatic rings. The number of aromatic hydroxyl groups is 3. The molecule has 0 radical (unpaired) electrons. The van der Waals surface area contributed by atoms with E-state index >= 15 is 0 Å². The van der Waals surface area contributed by atoms with Crippen LogP contribution in [0.2, 0.25) is 0 Å². The number of carbonyl (C=O) groups is 1. The van der Waals surface area contributed by atoms with Crippen molar-refractivity contribution in [2.45, 2.75) is 25.4 Å². The maximum Gasteiger partial charge on any atom is 0.174 e. The van der Waals surface area contributed by atoms with Gasteiger partial charge >= 0.3 is 0 Å². The predicted molar refractivity (Wildman–Crippen MR) is 135 cm³/mol. The molecule has 0 aromatic heterocycles. The Morgan fingerprint density at radius 2 is 1.36 bits per heavy atom. The number of phenolic OH excluding ortho intramolecular Hbond substituents is 3. The minimum absolute atomic E-state index is 0.0724. The van der Waals surface area contributed by atoms with Gasteiger partial charge in [-0.25, -0.2) is 0 Å². The summed E-state index contributed by atoms with van der Waals surface area (Å²) in [5, 5.41) is 32.2. The highest BCUT2D eigenvalue weighted by Gasteiger charge is 2.36. The zero-order valence-electron chi connectivity index (χ0n) is 19.8. The molecule has 0 unspecified atom stereocenters. The number of rotatable bonds is 6. The van der Waals surface area contributed by atoms with Crippen LogP contribution in [0.5, 0.6) is 28.7 Å². The summed E-state index contributed by atoms with van der Waals surface area (Å²) < 4.78 is 12.2. The van der Waals surface area contributed by atoms with Crippen LogP contribution in [0.4, 0.5) is 0 Å². The van der Waals surface area contributed by atoms with Crippen molar-refractivity contribution in [1.29, 1.82) is 0 Å². The molecule has 1 heterocycles. The second kappa shape index (κ2) is 9.66. The van der Waals surface area contributed by atoms with Crippen LogP contribution in [-0.2, 0) is 12.8 Å². The number of Topliss-reactive ketones (excluding diaryl/α,β-unsaturated/α-hetero) is 1. The largest absolute Gasteiger partial charge is 0.508 e. The second-order valence-electron chi connectivity index (χ2n) is 8.80. The molecule has 0 spiro atoms. The first-order valence-corrected chi connectivity index (χ1v) is 11.7. The summed E-state index contributed by atoms with van der Waals surface area (Å²) >= 11 is 0. The third-order valence-electron chi connectivity index (χ3n) is 6.57. The smallest absolute Gasteiger partial charge is 0.174 e. The van der Waals surface area contributed by atoms with Crippen molar-refractivity contribution in [2.24, 2.45) is 0 Å². The fraction of sp³-hybridized carbons (Fsp3) is 0.167. The Bertz CT molecular complexity index is 1430. The number of methoxy groups -OCH3 is 1. The molecule has 4 aromatic carbocycles. The van der Waals surface area contributed by atoms with E-state index in [2.05, 4.69) is 0 Å². The number of carbonyl (C=O) groups excluding carboxylic acids is 1. The molecule has 1 aliphatic heterocycles. The molecule has 0 fully saturated rings. The maximum atomic E-state index is 13.5. The fourth-order valence-corrected chi connectivity index (χ4v) is 4.77. The predicted octanol–water partition coefficient (Wildman–Crippen LogP) is 5.70. The van der Waals surface area contributed by atoms with Crippen LogP contribution < -0.4 is 9.47 Å². The van der Waals surface area contributed by atoms with Gasteiger partial charge in [-0.1, -0.05) is 66.7 Å². The highest BCUT2D eigenvalue weighted by atomic mass is 16.5. The van der Waals surface area contributed by atoms with E-state index in [1.165, 1.54) is 7.11 Å². The standard InChI is InChI=1S/C30H26O6/c1-35-29-21(15-19-11-5-7-13-23(19)31)28(34)27-25(33)17-26(18-9-3-2-4-10-18)36-30(27)22(29)16-20-12-6-8-14-24(20)32/h2-14,26,31-32,34H,15-17H2,1H3/t26-/m0/s1. The molecular weight excluding hydrogens is 456 g/mol. The Balaban J connectivity index is 1.71. The lowest BCUT2D eigenvalue weighted by Crippen LogP contribution is -2.23. The lowest BCUT2D eigenvalue weighted by atomic mass is 9.87. The van der Waals surface area contributed by atoms with Gasteiger partial charge < -0.3 is 24.8 Å². The highest BCUT2D eigenvalue weighted by molar-refractivity contribution is 6.04. The minimum Gasteiger partial charge on any atom is -0.508 e. The lowest BCUT2D eigenvalue weighted by Gasteiger charge is -2.30. The Kier molecular flexibility index (Phi) is 6.25. The zero-order chi connectivity index (χ0) is 25.2. The van der Waals surface area contributed by atoms with Crippen LogP contribution in [0.1, 0.15) is 50.7 Å². The quantitative estimate of drug-likeness (QED) is 0.326. The van der Waals surface area contributed by atoms with Crippen molar-refractivity contribution < 1.29 is 29.6 Å². The van der Waals surface area contributed by atoms with Gasteiger partial charge in [-0.2, -0.15) is 0 Å². The van der Waals surface area contributed by atoms with E-state index in [4.69, 9.17) is 9.47 Å². The molecule has 182 valence electrons. The molecule has 0 amide bonds. The van der Waals surface area contributed by atoms with E-state index in [0.717, 1.165) is 5.56 Å². The van der Waals surface area contributed by atoms with Gasteiger partial charge in [0.1, 0.15) is 40.4 Å². The summed E-state index contributed by atoms with van der Waals surface area (Å²) in [6, 6.07) is 23.2. The average Bonchev–Trinajstić information content (AvgIpc) is 2.89. The Labute approximate surface area is 209 Å². The first-order chi connectivity index (χ1) is 17.5. The molecule has 5 rings (SSSR count). The monoisotopic (exact) mass is 482 g/mol. The van der Waals surface area contributed by atoms with Gasteiger partial charge in [-0.05, 0) is 28.8 Å². The summed E-state index contributed by atoms with van der Waals surface area (Å²) in [6.45, 7) is 0. The van der Waals surface area contributed by atoms with Gasteiger partial charge in [0.05, 0.1) is 13.5 Å². The molecule has 0 bridgehead atoms. The van der Waals surface area contributed by atoms with Crippen LogP contribution in [0.3, 0.4) is 0 Å². The second-order valence-corrected chi connectivity index (χ2v) is 8.80. The van der Waals surface area contributed by atoms with Crippen molar-refractivity contribution >= 4 is 5.78 Å². The topological polar surface area (TPSA) is 96.2 Å². The van der Waals surface area contributed by atoms with E-state index in [1.807, 2.05) is 36.4 Å². The van der Waals surface area contributed by atoms with E-state index in [9.17, 15) is 20.1 Å². The van der Waals surface area contributed by atoms with Gasteiger partial charge in [0.2, 0.25) is 0 Å². The number of fused-ring (bicyclic) bond motifs is 1. The molecule has 1 aliphatic rings. The number of ether oxygens (including phenoxy) is 2. The van der Waals surface area contributed by atoms with Crippen LogP contribution in [0.15, 0.2) is 78.9 Å². The summed E-state index contributed by atoms with van der Waals surface area (Å²) in [5.41, 5.74) is 3.06. The Morgan fingerprint density at radius 3 is 1.94 bits per heavy atom. The Morgan fingerprint density at radius 1 is 0.806 bits per heavy atom. The van der Waals surface area contributed by atoms with E-state index in [0.29, 0.717) is 28.0 Å². The van der Waals surface area contributed by atoms with Crippen molar-refractivity contribution in [2.75, 3.05) is 7.11 Å². The number of para-hydroxylation sites is 2. The molecule has 0 aliphatic carbocycles. The van der Waals surface area contributed by atoms with Crippen LogP contribution in [0.25, 0.3) is 0 Å². The summed E-state index contributed by atoms with van der Waals surface area (Å²) in [6.07, 6.45) is -0.107. The first-order valence-electron chi connectivity index (χ1n) is 11.7. The fourth-order valence-electron chi connectivity index (χ4n) is 4.77. The minimum atomic E-state index is -0.526. The molecule has 36 heavy (non-hydrogen) atoms. The zero-order valence-corrected chi connectivity index (χ0v) is 19.8. The summed E-state index contributed by atoms with van der Waals surface area (Å²) in [4.78, 5) is 13.5. The van der Waals surface area contributed by atoms with Crippen LogP contribution in [-0.4, -0.2) is 28.2 Å². The summed E-state index contributed by atoms with van der Waals surface area (Å²) in [5.74, 6) is 0.305. The molecule has 1 atom stereocenters. The van der Waals surface area contributed by atoms with Crippen molar-refractivity contribution in [3.63, 3.8) is 0 Å². The molecule has 0 saturated heterocycles. The third-order valence-corrected chi connectivity index (χ3v) is 6.57. The van der Waals surface area contributed by atoms with E-state index in [-0.39, 0.29) is 53.6 Å².